The Labute approximate surface area is 172 Å². The number of thiazole rings is 1. The number of benzene rings is 2. The molecule has 1 aromatic heterocycles. The number of piperidine rings is 1. The molecule has 1 fully saturated rings. The highest BCUT2D eigenvalue weighted by Crippen LogP contribution is 2.34. The lowest BCUT2D eigenvalue weighted by Gasteiger charge is -2.31. The van der Waals surface area contributed by atoms with Crippen LogP contribution in [0.5, 0.6) is 0 Å². The average molecular weight is 414 g/mol. The number of carbonyl (C=O) groups excluding carboxylic acids is 2. The molecule has 0 spiro atoms. The van der Waals surface area contributed by atoms with Crippen molar-refractivity contribution in [2.24, 2.45) is 0 Å². The first kappa shape index (κ1) is 18.9. The van der Waals surface area contributed by atoms with Gasteiger partial charge in [0.05, 0.1) is 21.8 Å². The van der Waals surface area contributed by atoms with E-state index in [1.54, 1.807) is 35.6 Å². The molecule has 0 aliphatic carbocycles. The highest BCUT2D eigenvalue weighted by molar-refractivity contribution is 7.18. The summed E-state index contributed by atoms with van der Waals surface area (Å²) in [4.78, 5) is 31.1. The number of carbonyl (C=O) groups is 2. The van der Waals surface area contributed by atoms with Crippen molar-refractivity contribution < 1.29 is 9.59 Å². The van der Waals surface area contributed by atoms with Crippen LogP contribution in [0.25, 0.3) is 10.2 Å². The van der Waals surface area contributed by atoms with Gasteiger partial charge in [-0.2, -0.15) is 0 Å². The predicted molar refractivity (Wildman–Crippen MR) is 112 cm³/mol. The Morgan fingerprint density at radius 3 is 2.64 bits per heavy atom. The molecule has 0 bridgehead atoms. The van der Waals surface area contributed by atoms with Gasteiger partial charge in [0.1, 0.15) is 0 Å². The topological polar surface area (TPSA) is 62.3 Å². The fourth-order valence-corrected chi connectivity index (χ4v) is 4.71. The van der Waals surface area contributed by atoms with Gasteiger partial charge in [0.2, 0.25) is 5.91 Å². The van der Waals surface area contributed by atoms with Gasteiger partial charge < -0.3 is 10.2 Å². The molecule has 28 heavy (non-hydrogen) atoms. The monoisotopic (exact) mass is 413 g/mol. The van der Waals surface area contributed by atoms with E-state index in [0.29, 0.717) is 29.6 Å². The van der Waals surface area contributed by atoms with Crippen molar-refractivity contribution in [3.05, 3.63) is 64.1 Å². The molecule has 1 aliphatic rings. The second kappa shape index (κ2) is 8.29. The molecule has 5 nitrogen and oxygen atoms in total. The van der Waals surface area contributed by atoms with E-state index in [4.69, 9.17) is 16.6 Å². The van der Waals surface area contributed by atoms with Gasteiger partial charge in [0.15, 0.2) is 0 Å². The number of aromatic nitrogens is 1. The zero-order chi connectivity index (χ0) is 19.5. The molecule has 4 rings (SSSR count). The van der Waals surface area contributed by atoms with Crippen LogP contribution in [0.3, 0.4) is 0 Å². The molecule has 3 aromatic rings. The molecule has 1 N–H and O–H groups in total. The summed E-state index contributed by atoms with van der Waals surface area (Å²) in [7, 11) is 0. The first-order chi connectivity index (χ1) is 13.6. The minimum Gasteiger partial charge on any atom is -0.343 e. The zero-order valence-electron chi connectivity index (χ0n) is 15.2. The van der Waals surface area contributed by atoms with Crippen LogP contribution < -0.4 is 5.32 Å². The normalized spacial score (nSPS) is 15.0. The summed E-state index contributed by atoms with van der Waals surface area (Å²) in [6.45, 7) is 1.39. The summed E-state index contributed by atoms with van der Waals surface area (Å²) in [5, 5.41) is 4.52. The summed E-state index contributed by atoms with van der Waals surface area (Å²) in [6.07, 6.45) is 1.76. The van der Waals surface area contributed by atoms with Crippen molar-refractivity contribution >= 4 is 45.0 Å². The van der Waals surface area contributed by atoms with Gasteiger partial charge >= 0.3 is 0 Å². The second-order valence-electron chi connectivity index (χ2n) is 6.87. The quantitative estimate of drug-likeness (QED) is 0.700. The number of amides is 2. The molecule has 7 heteroatoms. The van der Waals surface area contributed by atoms with E-state index >= 15 is 0 Å². The van der Waals surface area contributed by atoms with Gasteiger partial charge in [0, 0.05) is 29.6 Å². The summed E-state index contributed by atoms with van der Waals surface area (Å²) in [5.41, 5.74) is 1.50. The SMILES string of the molecule is O=C(NCC(=O)N1CCC(c2nc3cc(Cl)ccc3s2)CC1)c1ccccc1. The summed E-state index contributed by atoms with van der Waals surface area (Å²) in [5.74, 6) is 0.0925. The van der Waals surface area contributed by atoms with Crippen LogP contribution >= 0.6 is 22.9 Å². The van der Waals surface area contributed by atoms with E-state index in [0.717, 1.165) is 28.1 Å². The number of hydrogen-bond donors (Lipinski definition) is 1. The lowest BCUT2D eigenvalue weighted by Crippen LogP contribution is -2.43. The van der Waals surface area contributed by atoms with Crippen LogP contribution in [0.15, 0.2) is 48.5 Å². The van der Waals surface area contributed by atoms with Crippen LogP contribution in [0.1, 0.15) is 34.1 Å². The first-order valence-electron chi connectivity index (χ1n) is 9.27. The Hall–Kier alpha value is -2.44. The van der Waals surface area contributed by atoms with Gasteiger partial charge in [-0.05, 0) is 43.2 Å². The molecule has 2 heterocycles. The number of nitrogens with one attached hydrogen (secondary N) is 1. The molecule has 144 valence electrons. The summed E-state index contributed by atoms with van der Waals surface area (Å²) >= 11 is 7.75. The lowest BCUT2D eigenvalue weighted by molar-refractivity contribution is -0.131. The first-order valence-corrected chi connectivity index (χ1v) is 10.5. The van der Waals surface area contributed by atoms with Crippen LogP contribution in [-0.4, -0.2) is 41.3 Å². The van der Waals surface area contributed by atoms with Crippen molar-refractivity contribution in [2.45, 2.75) is 18.8 Å². The van der Waals surface area contributed by atoms with E-state index in [-0.39, 0.29) is 18.4 Å². The van der Waals surface area contributed by atoms with Crippen LogP contribution in [0.2, 0.25) is 5.02 Å². The number of nitrogens with zero attached hydrogens (tertiary/aromatic N) is 2. The number of likely N-dealkylation sites (tertiary alicyclic amines) is 1. The summed E-state index contributed by atoms with van der Waals surface area (Å²) in [6, 6.07) is 14.7. The van der Waals surface area contributed by atoms with Crippen LogP contribution in [-0.2, 0) is 4.79 Å². The zero-order valence-corrected chi connectivity index (χ0v) is 16.8. The Morgan fingerprint density at radius 1 is 1.14 bits per heavy atom. The van der Waals surface area contributed by atoms with E-state index in [9.17, 15) is 9.59 Å². The van der Waals surface area contributed by atoms with E-state index in [2.05, 4.69) is 5.32 Å². The molecular formula is C21H20ClN3O2S. The maximum absolute atomic E-state index is 12.4. The van der Waals surface area contributed by atoms with Crippen molar-refractivity contribution in [1.29, 1.82) is 0 Å². The standard InChI is InChI=1S/C21H20ClN3O2S/c22-16-6-7-18-17(12-16)24-21(28-18)15-8-10-25(11-9-15)19(26)13-23-20(27)14-4-2-1-3-5-14/h1-7,12,15H,8-11,13H2,(H,23,27). The molecule has 1 aliphatic heterocycles. The molecule has 0 unspecified atom stereocenters. The fraction of sp³-hybridized carbons (Fsp3) is 0.286. The highest BCUT2D eigenvalue weighted by Gasteiger charge is 2.26. The van der Waals surface area contributed by atoms with Crippen molar-refractivity contribution in [1.82, 2.24) is 15.2 Å². The molecule has 2 aromatic carbocycles. The molecular weight excluding hydrogens is 394 g/mol. The van der Waals surface area contributed by atoms with Crippen LogP contribution in [0.4, 0.5) is 0 Å². The minimum absolute atomic E-state index is 0.0258. The molecule has 0 atom stereocenters. The third kappa shape index (κ3) is 4.18. The Bertz CT molecular complexity index is 997. The average Bonchev–Trinajstić information content (AvgIpc) is 3.15. The third-order valence-electron chi connectivity index (χ3n) is 5.00. The van der Waals surface area contributed by atoms with E-state index in [1.807, 2.05) is 29.2 Å². The Morgan fingerprint density at radius 2 is 1.89 bits per heavy atom. The lowest BCUT2D eigenvalue weighted by atomic mass is 9.97. The third-order valence-corrected chi connectivity index (χ3v) is 6.43. The van der Waals surface area contributed by atoms with Gasteiger partial charge in [-0.15, -0.1) is 11.3 Å². The molecule has 2 amide bonds. The van der Waals surface area contributed by atoms with Gasteiger partial charge in [-0.1, -0.05) is 29.8 Å². The highest BCUT2D eigenvalue weighted by atomic mass is 35.5. The Kier molecular flexibility index (Phi) is 5.59. The van der Waals surface area contributed by atoms with Gasteiger partial charge in [0.25, 0.3) is 5.91 Å². The molecule has 0 radical (unpaired) electrons. The van der Waals surface area contributed by atoms with Gasteiger partial charge in [-0.3, -0.25) is 9.59 Å². The maximum Gasteiger partial charge on any atom is 0.251 e. The Balaban J connectivity index is 1.30. The molecule has 1 saturated heterocycles. The molecule has 0 saturated carbocycles. The van der Waals surface area contributed by atoms with E-state index in [1.165, 1.54) is 0 Å². The predicted octanol–water partition coefficient (Wildman–Crippen LogP) is 4.09. The number of halogens is 1. The number of hydrogen-bond acceptors (Lipinski definition) is 4. The minimum atomic E-state index is -0.225. The smallest absolute Gasteiger partial charge is 0.251 e. The van der Waals surface area contributed by atoms with Crippen molar-refractivity contribution in [3.63, 3.8) is 0 Å². The van der Waals surface area contributed by atoms with Gasteiger partial charge in [-0.25, -0.2) is 4.98 Å². The van der Waals surface area contributed by atoms with Crippen molar-refractivity contribution in [3.8, 4) is 0 Å². The van der Waals surface area contributed by atoms with E-state index < -0.39 is 0 Å². The summed E-state index contributed by atoms with van der Waals surface area (Å²) < 4.78 is 1.14. The maximum atomic E-state index is 12.4. The second-order valence-corrected chi connectivity index (χ2v) is 8.37. The number of rotatable bonds is 4. The fourth-order valence-electron chi connectivity index (χ4n) is 3.43. The van der Waals surface area contributed by atoms with Crippen molar-refractivity contribution in [2.75, 3.05) is 19.6 Å². The van der Waals surface area contributed by atoms with Crippen LogP contribution in [0, 0.1) is 0 Å². The number of fused-ring (bicyclic) bond motifs is 1. The largest absolute Gasteiger partial charge is 0.343 e.